The van der Waals surface area contributed by atoms with E-state index in [1.54, 1.807) is 31.2 Å². The van der Waals surface area contributed by atoms with Gasteiger partial charge in [0.15, 0.2) is 0 Å². The van der Waals surface area contributed by atoms with Gasteiger partial charge in [-0.05, 0) is 67.8 Å². The number of benzene rings is 1. The molecule has 3 aromatic rings. The van der Waals surface area contributed by atoms with Gasteiger partial charge in [0.25, 0.3) is 0 Å². The molecular weight excluding hydrogens is 426 g/mol. The van der Waals surface area contributed by atoms with Crippen molar-refractivity contribution >= 4 is 34.8 Å². The predicted octanol–water partition coefficient (Wildman–Crippen LogP) is 6.03. The molecule has 7 heteroatoms. The van der Waals surface area contributed by atoms with Crippen LogP contribution in [0.4, 0.5) is 0 Å². The maximum Gasteiger partial charge on any atom is 0.337 e. The molecule has 0 atom stereocenters. The minimum absolute atomic E-state index is 0.0169. The van der Waals surface area contributed by atoms with E-state index in [9.17, 15) is 15.3 Å². The average molecular weight is 442 g/mol. The molecule has 0 bridgehead atoms. The van der Waals surface area contributed by atoms with Crippen LogP contribution >= 0.6 is 11.6 Å². The fourth-order valence-electron chi connectivity index (χ4n) is 3.92. The summed E-state index contributed by atoms with van der Waals surface area (Å²) in [6.07, 6.45) is 1.82. The number of carbonyl (C=O) groups is 1. The number of carboxylic acid groups (broad SMARTS) is 1. The Labute approximate surface area is 189 Å². The number of halogens is 1. The summed E-state index contributed by atoms with van der Waals surface area (Å²) < 4.78 is 5.97. The van der Waals surface area contributed by atoms with Crippen molar-refractivity contribution in [3.63, 3.8) is 0 Å². The second-order valence-corrected chi connectivity index (χ2v) is 7.81. The third-order valence-corrected chi connectivity index (χ3v) is 5.85. The molecule has 0 spiro atoms. The van der Waals surface area contributed by atoms with Crippen molar-refractivity contribution in [3.05, 3.63) is 80.3 Å². The number of nitrogens with zero attached hydrogens (tertiary/aromatic N) is 3. The van der Waals surface area contributed by atoms with Crippen LogP contribution in [0.1, 0.15) is 51.1 Å². The fourth-order valence-corrected chi connectivity index (χ4v) is 4.18. The van der Waals surface area contributed by atoms with Crippen molar-refractivity contribution in [3.8, 4) is 23.5 Å². The van der Waals surface area contributed by atoms with Gasteiger partial charge in [-0.3, -0.25) is 4.98 Å². The maximum atomic E-state index is 11.2. The Morgan fingerprint density at radius 1 is 1.16 bits per heavy atom. The van der Waals surface area contributed by atoms with E-state index >= 15 is 0 Å². The zero-order valence-electron chi connectivity index (χ0n) is 17.4. The smallest absolute Gasteiger partial charge is 0.337 e. The van der Waals surface area contributed by atoms with Crippen LogP contribution in [0.25, 0.3) is 28.5 Å². The molecule has 0 saturated heterocycles. The van der Waals surface area contributed by atoms with Crippen LogP contribution < -0.4 is 0 Å². The number of carboxylic acids is 1. The third kappa shape index (κ3) is 3.28. The molecule has 2 heterocycles. The van der Waals surface area contributed by atoms with Gasteiger partial charge in [-0.15, -0.1) is 0 Å². The molecular formula is C25H16ClN3O3. The largest absolute Gasteiger partial charge is 0.478 e. The number of hydrogen-bond donors (Lipinski definition) is 1. The monoisotopic (exact) mass is 441 g/mol. The second-order valence-electron chi connectivity index (χ2n) is 7.40. The Bertz CT molecular complexity index is 1460. The number of allylic oxidation sites excluding steroid dienone is 3. The molecule has 0 aliphatic heterocycles. The highest BCUT2D eigenvalue weighted by atomic mass is 35.5. The number of aryl methyl sites for hydroxylation is 1. The van der Waals surface area contributed by atoms with E-state index in [0.29, 0.717) is 39.6 Å². The summed E-state index contributed by atoms with van der Waals surface area (Å²) in [6.45, 7) is 5.46. The summed E-state index contributed by atoms with van der Waals surface area (Å²) >= 11 is 6.08. The predicted molar refractivity (Wildman–Crippen MR) is 121 cm³/mol. The standard InChI is InChI=1S/C25H16ClN3O3/c1-12-18(23-13(2)19(10-27)14(3)29-24(23)20(12)11-28)9-16-5-7-22(32-16)15-4-6-17(25(30)31)21(26)8-15/h4-9H,1-3H3,(H,30,31)/b18-9+. The topological polar surface area (TPSA) is 111 Å². The lowest BCUT2D eigenvalue weighted by molar-refractivity contribution is 0.0697. The summed E-state index contributed by atoms with van der Waals surface area (Å²) in [6, 6.07) is 12.6. The molecule has 1 aromatic carbocycles. The zero-order valence-corrected chi connectivity index (χ0v) is 18.2. The first-order valence-electron chi connectivity index (χ1n) is 9.65. The summed E-state index contributed by atoms with van der Waals surface area (Å²) in [7, 11) is 0. The number of nitriles is 2. The number of fused-ring (bicyclic) bond motifs is 1. The van der Waals surface area contributed by atoms with Crippen molar-refractivity contribution in [1.29, 1.82) is 10.5 Å². The minimum atomic E-state index is -1.10. The molecule has 156 valence electrons. The lowest BCUT2D eigenvalue weighted by Gasteiger charge is -2.10. The number of hydrogen-bond acceptors (Lipinski definition) is 5. The molecule has 1 aliphatic carbocycles. The van der Waals surface area contributed by atoms with Gasteiger partial charge in [0.1, 0.15) is 23.7 Å². The quantitative estimate of drug-likeness (QED) is 0.530. The number of aromatic nitrogens is 1. The number of aromatic carboxylic acids is 1. The van der Waals surface area contributed by atoms with Gasteiger partial charge in [-0.2, -0.15) is 10.5 Å². The van der Waals surface area contributed by atoms with Crippen molar-refractivity contribution in [2.75, 3.05) is 0 Å². The van der Waals surface area contributed by atoms with Crippen LogP contribution in [0.5, 0.6) is 0 Å². The molecule has 0 radical (unpaired) electrons. The molecule has 1 aliphatic rings. The minimum Gasteiger partial charge on any atom is -0.478 e. The molecule has 0 amide bonds. The molecule has 0 unspecified atom stereocenters. The summed E-state index contributed by atoms with van der Waals surface area (Å²) in [5.74, 6) is -0.0400. The van der Waals surface area contributed by atoms with Gasteiger partial charge in [0, 0.05) is 11.1 Å². The summed E-state index contributed by atoms with van der Waals surface area (Å²) in [5.41, 5.74) is 5.87. The highest BCUT2D eigenvalue weighted by molar-refractivity contribution is 6.33. The first-order chi connectivity index (χ1) is 15.3. The van der Waals surface area contributed by atoms with Crippen molar-refractivity contribution < 1.29 is 14.3 Å². The molecule has 4 rings (SSSR count). The second kappa shape index (κ2) is 7.85. The lowest BCUT2D eigenvalue weighted by atomic mass is 9.96. The van der Waals surface area contributed by atoms with E-state index in [4.69, 9.17) is 21.1 Å². The van der Waals surface area contributed by atoms with Crippen LogP contribution in [-0.2, 0) is 0 Å². The maximum absolute atomic E-state index is 11.2. The Morgan fingerprint density at radius 3 is 2.53 bits per heavy atom. The molecule has 0 fully saturated rings. The lowest BCUT2D eigenvalue weighted by Crippen LogP contribution is -2.01. The van der Waals surface area contributed by atoms with Crippen LogP contribution in [0.2, 0.25) is 5.02 Å². The molecule has 2 aromatic heterocycles. The van der Waals surface area contributed by atoms with Crippen LogP contribution in [-0.4, -0.2) is 16.1 Å². The van der Waals surface area contributed by atoms with Gasteiger partial charge < -0.3 is 9.52 Å². The van der Waals surface area contributed by atoms with E-state index in [1.807, 2.05) is 19.9 Å². The van der Waals surface area contributed by atoms with Crippen molar-refractivity contribution in [2.24, 2.45) is 0 Å². The molecule has 0 saturated carbocycles. The number of rotatable bonds is 3. The Balaban J connectivity index is 1.82. The van der Waals surface area contributed by atoms with E-state index in [1.165, 1.54) is 6.07 Å². The Morgan fingerprint density at radius 2 is 1.91 bits per heavy atom. The Kier molecular flexibility index (Phi) is 5.18. The van der Waals surface area contributed by atoms with Gasteiger partial charge in [-0.1, -0.05) is 17.7 Å². The van der Waals surface area contributed by atoms with E-state index in [-0.39, 0.29) is 10.6 Å². The number of pyridine rings is 1. The first-order valence-corrected chi connectivity index (χ1v) is 10.0. The SMILES string of the molecule is CC1=C(C#N)c2nc(C)c(C#N)c(C)c2/C1=C/c1ccc(-c2ccc(C(=O)O)c(Cl)c2)o1. The molecule has 6 nitrogen and oxygen atoms in total. The van der Waals surface area contributed by atoms with E-state index in [0.717, 1.165) is 22.3 Å². The van der Waals surface area contributed by atoms with Crippen molar-refractivity contribution in [1.82, 2.24) is 4.98 Å². The normalized spacial score (nSPS) is 13.8. The van der Waals surface area contributed by atoms with Crippen LogP contribution in [0.15, 0.2) is 40.3 Å². The Hall–Kier alpha value is -4.13. The van der Waals surface area contributed by atoms with Crippen molar-refractivity contribution in [2.45, 2.75) is 20.8 Å². The highest BCUT2D eigenvalue weighted by Crippen LogP contribution is 2.44. The first kappa shape index (κ1) is 21.1. The van der Waals surface area contributed by atoms with E-state index in [2.05, 4.69) is 17.1 Å². The molecule has 32 heavy (non-hydrogen) atoms. The third-order valence-electron chi connectivity index (χ3n) is 5.53. The average Bonchev–Trinajstić information content (AvgIpc) is 3.31. The van der Waals surface area contributed by atoms with Crippen LogP contribution in [0, 0.1) is 36.5 Å². The molecule has 1 N–H and O–H groups in total. The van der Waals surface area contributed by atoms with Crippen LogP contribution in [0.3, 0.4) is 0 Å². The fraction of sp³-hybridized carbons (Fsp3) is 0.120. The van der Waals surface area contributed by atoms with Gasteiger partial charge in [0.05, 0.1) is 33.1 Å². The summed E-state index contributed by atoms with van der Waals surface area (Å²) in [5, 5.41) is 28.5. The van der Waals surface area contributed by atoms with E-state index < -0.39 is 5.97 Å². The van der Waals surface area contributed by atoms with Gasteiger partial charge in [0.2, 0.25) is 0 Å². The summed E-state index contributed by atoms with van der Waals surface area (Å²) in [4.78, 5) is 15.7. The van der Waals surface area contributed by atoms with Gasteiger partial charge >= 0.3 is 5.97 Å². The zero-order chi connectivity index (χ0) is 23.2. The highest BCUT2D eigenvalue weighted by Gasteiger charge is 2.29. The number of furan rings is 1. The van der Waals surface area contributed by atoms with Gasteiger partial charge in [-0.25, -0.2) is 4.79 Å².